The van der Waals surface area contributed by atoms with Crippen LogP contribution >= 0.6 is 0 Å². The third-order valence-corrected chi connectivity index (χ3v) is 4.51. The molecular formula is C22H25NO5. The van der Waals surface area contributed by atoms with Crippen molar-refractivity contribution in [2.45, 2.75) is 20.0 Å². The number of para-hydroxylation sites is 2. The first-order chi connectivity index (χ1) is 13.6. The molecule has 0 amide bonds. The van der Waals surface area contributed by atoms with E-state index < -0.39 is 5.97 Å². The minimum Gasteiger partial charge on any atom is -0.493 e. The number of carbonyl (C=O) groups is 1. The number of fused-ring (bicyclic) bond motifs is 1. The van der Waals surface area contributed by atoms with Gasteiger partial charge in [0, 0.05) is 29.6 Å². The van der Waals surface area contributed by atoms with Crippen molar-refractivity contribution in [2.75, 3.05) is 27.9 Å². The highest BCUT2D eigenvalue weighted by Crippen LogP contribution is 2.32. The van der Waals surface area contributed by atoms with E-state index in [4.69, 9.17) is 18.6 Å². The van der Waals surface area contributed by atoms with Crippen molar-refractivity contribution < 1.29 is 23.4 Å². The number of methoxy groups -OCH3 is 2. The van der Waals surface area contributed by atoms with Crippen LogP contribution in [0.25, 0.3) is 11.0 Å². The van der Waals surface area contributed by atoms with Crippen molar-refractivity contribution in [1.29, 1.82) is 0 Å². The SMILES string of the molecule is CCOC(=O)c1oc2ccccc2c1CN(C)Cc1cccc(OC)c1OC. The van der Waals surface area contributed by atoms with E-state index >= 15 is 0 Å². The zero-order chi connectivity index (χ0) is 20.1. The summed E-state index contributed by atoms with van der Waals surface area (Å²) in [7, 11) is 5.23. The van der Waals surface area contributed by atoms with Gasteiger partial charge in [-0.05, 0) is 26.1 Å². The minimum absolute atomic E-state index is 0.257. The van der Waals surface area contributed by atoms with Gasteiger partial charge < -0.3 is 18.6 Å². The van der Waals surface area contributed by atoms with Crippen molar-refractivity contribution in [3.05, 3.63) is 59.4 Å². The highest BCUT2D eigenvalue weighted by molar-refractivity contribution is 5.96. The summed E-state index contributed by atoms with van der Waals surface area (Å²) < 4.78 is 21.9. The fourth-order valence-corrected chi connectivity index (χ4v) is 3.31. The molecular weight excluding hydrogens is 358 g/mol. The van der Waals surface area contributed by atoms with Crippen LogP contribution in [-0.4, -0.2) is 38.7 Å². The van der Waals surface area contributed by atoms with Crippen molar-refractivity contribution in [1.82, 2.24) is 4.90 Å². The predicted octanol–water partition coefficient (Wildman–Crippen LogP) is 4.26. The molecule has 0 unspecified atom stereocenters. The topological polar surface area (TPSA) is 61.1 Å². The molecule has 0 bridgehead atoms. The van der Waals surface area contributed by atoms with Crippen LogP contribution in [0, 0.1) is 0 Å². The van der Waals surface area contributed by atoms with Crippen LogP contribution in [0.15, 0.2) is 46.9 Å². The Hall–Kier alpha value is -2.99. The number of furan rings is 1. The Balaban J connectivity index is 1.90. The van der Waals surface area contributed by atoms with Gasteiger partial charge in [-0.15, -0.1) is 0 Å². The molecule has 1 heterocycles. The van der Waals surface area contributed by atoms with Crippen LogP contribution in [0.4, 0.5) is 0 Å². The maximum atomic E-state index is 12.4. The number of nitrogens with zero attached hydrogens (tertiary/aromatic N) is 1. The quantitative estimate of drug-likeness (QED) is 0.542. The second-order valence-electron chi connectivity index (χ2n) is 6.45. The van der Waals surface area contributed by atoms with Crippen LogP contribution in [0.5, 0.6) is 11.5 Å². The van der Waals surface area contributed by atoms with Gasteiger partial charge in [-0.3, -0.25) is 4.90 Å². The zero-order valence-corrected chi connectivity index (χ0v) is 16.7. The van der Waals surface area contributed by atoms with Crippen LogP contribution in [0.3, 0.4) is 0 Å². The van der Waals surface area contributed by atoms with Gasteiger partial charge >= 0.3 is 5.97 Å². The summed E-state index contributed by atoms with van der Waals surface area (Å²) in [4.78, 5) is 14.5. The van der Waals surface area contributed by atoms with Gasteiger partial charge in [0.25, 0.3) is 0 Å². The van der Waals surface area contributed by atoms with Gasteiger partial charge in [-0.1, -0.05) is 30.3 Å². The Labute approximate surface area is 164 Å². The lowest BCUT2D eigenvalue weighted by atomic mass is 10.1. The first kappa shape index (κ1) is 19.8. The lowest BCUT2D eigenvalue weighted by molar-refractivity contribution is 0.0489. The first-order valence-corrected chi connectivity index (χ1v) is 9.15. The monoisotopic (exact) mass is 383 g/mol. The zero-order valence-electron chi connectivity index (χ0n) is 16.7. The second-order valence-corrected chi connectivity index (χ2v) is 6.45. The van der Waals surface area contributed by atoms with Crippen molar-refractivity contribution >= 4 is 16.9 Å². The third kappa shape index (κ3) is 3.97. The molecule has 6 nitrogen and oxygen atoms in total. The van der Waals surface area contributed by atoms with Crippen LogP contribution in [0.2, 0.25) is 0 Å². The molecule has 0 spiro atoms. The summed E-state index contributed by atoms with van der Waals surface area (Å²) in [6.45, 7) is 3.21. The fraction of sp³-hybridized carbons (Fsp3) is 0.318. The van der Waals surface area contributed by atoms with Crippen LogP contribution in [-0.2, 0) is 17.8 Å². The summed E-state index contributed by atoms with van der Waals surface area (Å²) >= 11 is 0. The maximum absolute atomic E-state index is 12.4. The lowest BCUT2D eigenvalue weighted by Crippen LogP contribution is -2.19. The number of benzene rings is 2. The maximum Gasteiger partial charge on any atom is 0.374 e. The first-order valence-electron chi connectivity index (χ1n) is 9.15. The van der Waals surface area contributed by atoms with Gasteiger partial charge in [0.15, 0.2) is 11.5 Å². The predicted molar refractivity (Wildman–Crippen MR) is 107 cm³/mol. The Bertz CT molecular complexity index is 963. The van der Waals surface area contributed by atoms with Gasteiger partial charge in [0.05, 0.1) is 20.8 Å². The Kier molecular flexibility index (Phi) is 6.21. The van der Waals surface area contributed by atoms with E-state index in [1.807, 2.05) is 49.5 Å². The minimum atomic E-state index is -0.443. The molecule has 0 fully saturated rings. The van der Waals surface area contributed by atoms with E-state index in [0.717, 1.165) is 16.5 Å². The van der Waals surface area contributed by atoms with Gasteiger partial charge in [0.2, 0.25) is 5.76 Å². The van der Waals surface area contributed by atoms with Gasteiger partial charge in [-0.25, -0.2) is 4.79 Å². The molecule has 3 rings (SSSR count). The number of hydrogen-bond donors (Lipinski definition) is 0. The van der Waals surface area contributed by atoms with Crippen LogP contribution < -0.4 is 9.47 Å². The summed E-state index contributed by atoms with van der Waals surface area (Å²) in [6, 6.07) is 13.4. The standard InChI is InChI=1S/C22H25NO5/c1-5-27-22(24)21-17(16-10-6-7-11-18(16)28-21)14-23(2)13-15-9-8-12-19(25-3)20(15)26-4/h6-12H,5,13-14H2,1-4H3. The largest absolute Gasteiger partial charge is 0.493 e. The smallest absolute Gasteiger partial charge is 0.374 e. The van der Waals surface area contributed by atoms with Gasteiger partial charge in [0.1, 0.15) is 5.58 Å². The Morgan fingerprint density at radius 2 is 1.82 bits per heavy atom. The molecule has 0 radical (unpaired) electrons. The molecule has 0 aliphatic heterocycles. The molecule has 0 aliphatic carbocycles. The van der Waals surface area contributed by atoms with Crippen molar-refractivity contribution in [3.63, 3.8) is 0 Å². The normalized spacial score (nSPS) is 11.0. The van der Waals surface area contributed by atoms with E-state index in [1.54, 1.807) is 21.1 Å². The lowest BCUT2D eigenvalue weighted by Gasteiger charge is -2.19. The highest BCUT2D eigenvalue weighted by Gasteiger charge is 2.23. The van der Waals surface area contributed by atoms with E-state index in [0.29, 0.717) is 36.8 Å². The number of rotatable bonds is 8. The number of hydrogen-bond acceptors (Lipinski definition) is 6. The van der Waals surface area contributed by atoms with Gasteiger partial charge in [-0.2, -0.15) is 0 Å². The summed E-state index contributed by atoms with van der Waals surface area (Å²) in [5, 5.41) is 0.912. The average molecular weight is 383 g/mol. The van der Waals surface area contributed by atoms with E-state index in [2.05, 4.69) is 4.90 Å². The fourth-order valence-electron chi connectivity index (χ4n) is 3.31. The molecule has 1 aromatic heterocycles. The van der Waals surface area contributed by atoms with E-state index in [9.17, 15) is 4.79 Å². The molecule has 28 heavy (non-hydrogen) atoms. The number of esters is 1. The number of carbonyl (C=O) groups excluding carboxylic acids is 1. The molecule has 148 valence electrons. The third-order valence-electron chi connectivity index (χ3n) is 4.51. The van der Waals surface area contributed by atoms with E-state index in [-0.39, 0.29) is 5.76 Å². The Morgan fingerprint density at radius 1 is 1.04 bits per heavy atom. The van der Waals surface area contributed by atoms with Crippen LogP contribution in [0.1, 0.15) is 28.6 Å². The van der Waals surface area contributed by atoms with Crippen molar-refractivity contribution in [2.24, 2.45) is 0 Å². The molecule has 0 saturated heterocycles. The average Bonchev–Trinajstić information content (AvgIpc) is 3.06. The molecule has 6 heteroatoms. The Morgan fingerprint density at radius 3 is 2.54 bits per heavy atom. The van der Waals surface area contributed by atoms with Crippen molar-refractivity contribution in [3.8, 4) is 11.5 Å². The molecule has 0 aliphatic rings. The highest BCUT2D eigenvalue weighted by atomic mass is 16.5. The molecule has 0 N–H and O–H groups in total. The molecule has 3 aromatic rings. The molecule has 2 aromatic carbocycles. The second kappa shape index (κ2) is 8.80. The molecule has 0 saturated carbocycles. The molecule has 0 atom stereocenters. The van der Waals surface area contributed by atoms with E-state index in [1.165, 1.54) is 0 Å². The summed E-state index contributed by atoms with van der Waals surface area (Å²) in [5.41, 5.74) is 2.49. The summed E-state index contributed by atoms with van der Waals surface area (Å²) in [5.74, 6) is 1.21. The summed E-state index contributed by atoms with van der Waals surface area (Å²) in [6.07, 6.45) is 0. The number of ether oxygens (including phenoxy) is 3.